The highest BCUT2D eigenvalue weighted by atomic mass is 32.1. The van der Waals surface area contributed by atoms with Crippen molar-refractivity contribution in [3.63, 3.8) is 0 Å². The Morgan fingerprint density at radius 2 is 1.71 bits per heavy atom. The average molecular weight is 563 g/mol. The minimum absolute atomic E-state index is 0.220. The van der Waals surface area contributed by atoms with Crippen LogP contribution in [0.1, 0.15) is 18.0 Å². The molecule has 3 heterocycles. The first-order chi connectivity index (χ1) is 17.9. The number of hydrogen-bond donors (Lipinski definition) is 0. The molecule has 0 aliphatic carbocycles. The predicted molar refractivity (Wildman–Crippen MR) is 126 cm³/mol. The van der Waals surface area contributed by atoms with Crippen molar-refractivity contribution in [2.45, 2.75) is 31.4 Å². The molecular weight excluding hydrogens is 541 g/mol. The van der Waals surface area contributed by atoms with Crippen LogP contribution in [0.15, 0.2) is 41.4 Å². The van der Waals surface area contributed by atoms with Crippen LogP contribution in [0.5, 0.6) is 5.75 Å². The molecule has 0 saturated carbocycles. The molecule has 1 fully saturated rings. The Bertz CT molecular complexity index is 1400. The second kappa shape index (κ2) is 9.88. The van der Waals surface area contributed by atoms with Crippen molar-refractivity contribution in [2.75, 3.05) is 37.6 Å². The minimum atomic E-state index is -5.18. The van der Waals surface area contributed by atoms with Crippen molar-refractivity contribution in [3.05, 3.63) is 52.6 Å². The zero-order chi connectivity index (χ0) is 27.2. The number of halogens is 7. The van der Waals surface area contributed by atoms with Crippen molar-refractivity contribution in [1.82, 2.24) is 9.47 Å². The summed E-state index contributed by atoms with van der Waals surface area (Å²) in [6.45, 7) is 3.04. The van der Waals surface area contributed by atoms with Gasteiger partial charge in [0.1, 0.15) is 11.6 Å². The first kappa shape index (κ1) is 26.5. The van der Waals surface area contributed by atoms with Crippen molar-refractivity contribution in [3.8, 4) is 5.75 Å². The van der Waals surface area contributed by atoms with Crippen molar-refractivity contribution in [1.29, 1.82) is 0 Å². The molecule has 38 heavy (non-hydrogen) atoms. The molecule has 1 amide bonds. The van der Waals surface area contributed by atoms with Gasteiger partial charge in [0.15, 0.2) is 4.80 Å². The number of alkyl halides is 6. The zero-order valence-corrected chi connectivity index (χ0v) is 20.5. The summed E-state index contributed by atoms with van der Waals surface area (Å²) in [7, 11) is 0. The first-order valence-electron chi connectivity index (χ1n) is 11.7. The highest BCUT2D eigenvalue weighted by Crippen LogP contribution is 2.37. The third kappa shape index (κ3) is 5.65. The van der Waals surface area contributed by atoms with E-state index >= 15 is 0 Å². The molecule has 204 valence electrons. The zero-order valence-electron chi connectivity index (χ0n) is 19.7. The molecule has 0 N–H and O–H groups in total. The van der Waals surface area contributed by atoms with Gasteiger partial charge in [0.2, 0.25) is 0 Å². The second-order valence-corrected chi connectivity index (χ2v) is 10.1. The Morgan fingerprint density at radius 3 is 2.34 bits per heavy atom. The van der Waals surface area contributed by atoms with Crippen LogP contribution in [-0.4, -0.2) is 60.6 Å². The van der Waals surface area contributed by atoms with E-state index in [0.717, 1.165) is 23.1 Å². The maximum atomic E-state index is 13.2. The molecule has 14 heteroatoms. The van der Waals surface area contributed by atoms with Crippen LogP contribution in [0.4, 0.5) is 36.4 Å². The number of ether oxygens (including phenoxy) is 1. The molecule has 0 radical (unpaired) electrons. The molecule has 2 aliphatic rings. The lowest BCUT2D eigenvalue weighted by Gasteiger charge is -2.38. The standard InChI is InChI=1S/C24H21F7N4O2S/c25-15-2-5-16(6-3-15)34-9-7-33(8-10-34)13-17-4-1-14-11-18(37-24(29,30)31)12-19-20(14)35(17)22(38-19)32-21(36)23(26,27)28/h2-3,5-6,11-12,17H,1,4,7-10,13H2. The number of aromatic nitrogens is 1. The number of carbonyl (C=O) groups excluding carboxylic acids is 1. The summed E-state index contributed by atoms with van der Waals surface area (Å²) in [6.07, 6.45) is -9.30. The predicted octanol–water partition coefficient (Wildman–Crippen LogP) is 5.04. The van der Waals surface area contributed by atoms with Gasteiger partial charge in [-0.15, -0.1) is 13.2 Å². The fraction of sp³-hybridized carbons (Fsp3) is 0.417. The van der Waals surface area contributed by atoms with Gasteiger partial charge < -0.3 is 14.2 Å². The van der Waals surface area contributed by atoms with Crippen LogP contribution < -0.4 is 14.4 Å². The van der Waals surface area contributed by atoms with Crippen LogP contribution in [0.2, 0.25) is 0 Å². The average Bonchev–Trinajstić information content (AvgIpc) is 3.19. The molecule has 5 rings (SSSR count). The van der Waals surface area contributed by atoms with Crippen molar-refractivity contribution in [2.24, 2.45) is 4.99 Å². The summed E-state index contributed by atoms with van der Waals surface area (Å²) in [5, 5.41) is 0. The Balaban J connectivity index is 1.44. The molecule has 0 spiro atoms. The lowest BCUT2D eigenvalue weighted by molar-refractivity contribution is -0.274. The molecule has 1 saturated heterocycles. The fourth-order valence-electron chi connectivity index (χ4n) is 4.94. The normalized spacial score (nSPS) is 19.3. The van der Waals surface area contributed by atoms with Gasteiger partial charge in [-0.1, -0.05) is 11.3 Å². The van der Waals surface area contributed by atoms with Crippen molar-refractivity contribution < 1.29 is 40.3 Å². The third-order valence-corrected chi connectivity index (χ3v) is 7.60. The number of rotatable bonds is 4. The number of amides is 1. The Labute approximate surface area is 215 Å². The number of aryl methyl sites for hydroxylation is 1. The van der Waals surface area contributed by atoms with Gasteiger partial charge in [-0.2, -0.15) is 18.2 Å². The number of thiazole rings is 1. The smallest absolute Gasteiger partial charge is 0.406 e. The number of carbonyl (C=O) groups is 1. The molecule has 3 aromatic rings. The maximum absolute atomic E-state index is 13.2. The Kier molecular flexibility index (Phi) is 6.88. The van der Waals surface area contributed by atoms with Crippen LogP contribution in [0, 0.1) is 5.82 Å². The van der Waals surface area contributed by atoms with E-state index in [1.165, 1.54) is 18.2 Å². The number of nitrogens with zero attached hydrogens (tertiary/aromatic N) is 4. The van der Waals surface area contributed by atoms with E-state index in [1.54, 1.807) is 16.7 Å². The molecule has 2 aromatic carbocycles. The number of benzene rings is 2. The van der Waals surface area contributed by atoms with Crippen LogP contribution in [0.25, 0.3) is 10.2 Å². The van der Waals surface area contributed by atoms with Crippen LogP contribution in [-0.2, 0) is 11.2 Å². The lowest BCUT2D eigenvalue weighted by atomic mass is 9.98. The molecule has 1 unspecified atom stereocenters. The lowest BCUT2D eigenvalue weighted by Crippen LogP contribution is -2.48. The highest BCUT2D eigenvalue weighted by Gasteiger charge is 2.39. The number of anilines is 1. The molecule has 1 atom stereocenters. The third-order valence-electron chi connectivity index (χ3n) is 6.59. The Morgan fingerprint density at radius 1 is 1.03 bits per heavy atom. The maximum Gasteiger partial charge on any atom is 0.573 e. The van der Waals surface area contributed by atoms with Crippen LogP contribution >= 0.6 is 11.3 Å². The van der Waals surface area contributed by atoms with E-state index in [4.69, 9.17) is 0 Å². The van der Waals surface area contributed by atoms with Gasteiger partial charge in [0, 0.05) is 44.5 Å². The van der Waals surface area contributed by atoms with Gasteiger partial charge in [0.05, 0.1) is 10.2 Å². The molecule has 2 aliphatic heterocycles. The van der Waals surface area contributed by atoms with E-state index in [1.807, 2.05) is 0 Å². The van der Waals surface area contributed by atoms with Crippen molar-refractivity contribution >= 4 is 33.1 Å². The molecule has 0 bridgehead atoms. The van der Waals surface area contributed by atoms with Gasteiger partial charge in [-0.25, -0.2) is 4.39 Å². The fourth-order valence-corrected chi connectivity index (χ4v) is 6.11. The molecule has 1 aromatic heterocycles. The largest absolute Gasteiger partial charge is 0.573 e. The Hall–Kier alpha value is -3.13. The topological polar surface area (TPSA) is 50.1 Å². The summed E-state index contributed by atoms with van der Waals surface area (Å²) >= 11 is 0.723. The first-order valence-corrected chi connectivity index (χ1v) is 12.5. The summed E-state index contributed by atoms with van der Waals surface area (Å²) in [6, 6.07) is 8.16. The summed E-state index contributed by atoms with van der Waals surface area (Å²) < 4.78 is 96.6. The quantitative estimate of drug-likeness (QED) is 0.419. The highest BCUT2D eigenvalue weighted by molar-refractivity contribution is 7.16. The van der Waals surface area contributed by atoms with Gasteiger partial charge in [-0.3, -0.25) is 9.69 Å². The summed E-state index contributed by atoms with van der Waals surface area (Å²) in [5.74, 6) is -3.08. The van der Waals surface area contributed by atoms with E-state index in [2.05, 4.69) is 19.5 Å². The number of piperazine rings is 1. The van der Waals surface area contributed by atoms with E-state index in [0.29, 0.717) is 56.6 Å². The molecular formula is C24H21F7N4O2S. The van der Waals surface area contributed by atoms with Crippen LogP contribution in [0.3, 0.4) is 0 Å². The van der Waals surface area contributed by atoms with Gasteiger partial charge in [0.25, 0.3) is 0 Å². The van der Waals surface area contributed by atoms with E-state index in [-0.39, 0.29) is 21.4 Å². The molecule has 6 nitrogen and oxygen atoms in total. The van der Waals surface area contributed by atoms with E-state index in [9.17, 15) is 35.5 Å². The number of hydrogen-bond acceptors (Lipinski definition) is 5. The second-order valence-electron chi connectivity index (χ2n) is 9.10. The summed E-state index contributed by atoms with van der Waals surface area (Å²) in [4.78, 5) is 19.1. The minimum Gasteiger partial charge on any atom is -0.406 e. The van der Waals surface area contributed by atoms with E-state index < -0.39 is 24.2 Å². The van der Waals surface area contributed by atoms with Gasteiger partial charge in [-0.05, 0) is 54.8 Å². The SMILES string of the molecule is O=C(N=c1sc2cc(OC(F)(F)F)cc3c2n1C(CN1CCN(c2ccc(F)cc2)CC1)CC3)C(F)(F)F. The summed E-state index contributed by atoms with van der Waals surface area (Å²) in [5.41, 5.74) is 1.82. The van der Waals surface area contributed by atoms with Gasteiger partial charge >= 0.3 is 18.4 Å². The monoisotopic (exact) mass is 562 g/mol.